The first kappa shape index (κ1) is 14.6. The predicted molar refractivity (Wildman–Crippen MR) is 82.6 cm³/mol. The Balaban J connectivity index is 1.46. The van der Waals surface area contributed by atoms with Crippen molar-refractivity contribution >= 4 is 6.03 Å². The number of rotatable bonds is 6. The van der Waals surface area contributed by atoms with E-state index in [0.29, 0.717) is 13.1 Å². The van der Waals surface area contributed by atoms with E-state index in [-0.39, 0.29) is 18.1 Å². The fraction of sp³-hybridized carbons (Fsp3) is 0.375. The van der Waals surface area contributed by atoms with Gasteiger partial charge in [0, 0.05) is 30.9 Å². The van der Waals surface area contributed by atoms with Crippen molar-refractivity contribution in [3.8, 4) is 5.69 Å². The van der Waals surface area contributed by atoms with Gasteiger partial charge in [-0.15, -0.1) is 0 Å². The summed E-state index contributed by atoms with van der Waals surface area (Å²) in [6.07, 6.45) is 5.59. The molecule has 6 heteroatoms. The molecule has 0 aliphatic heterocycles. The molecular weight excluding hydrogens is 280 g/mol. The van der Waals surface area contributed by atoms with E-state index in [1.165, 1.54) is 0 Å². The molecule has 0 spiro atoms. The first-order valence-corrected chi connectivity index (χ1v) is 7.42. The van der Waals surface area contributed by atoms with E-state index in [0.717, 1.165) is 24.1 Å². The summed E-state index contributed by atoms with van der Waals surface area (Å²) in [6.45, 7) is 1.15. The third-order valence-electron chi connectivity index (χ3n) is 4.07. The molecule has 2 aromatic rings. The Hall–Kier alpha value is -2.34. The monoisotopic (exact) mass is 300 g/mol. The summed E-state index contributed by atoms with van der Waals surface area (Å²) in [5.41, 5.74) is 1.94. The summed E-state index contributed by atoms with van der Waals surface area (Å²) in [7, 11) is 0. The summed E-state index contributed by atoms with van der Waals surface area (Å²) < 4.78 is 1.79. The number of nitrogens with one attached hydrogen (secondary N) is 2. The quantitative estimate of drug-likeness (QED) is 0.755. The van der Waals surface area contributed by atoms with Gasteiger partial charge in [0.25, 0.3) is 0 Å². The molecule has 0 atom stereocenters. The average Bonchev–Trinajstić information content (AvgIpc) is 3.14. The molecule has 0 radical (unpaired) electrons. The van der Waals surface area contributed by atoms with Crippen LogP contribution in [0.15, 0.2) is 42.7 Å². The van der Waals surface area contributed by atoms with Gasteiger partial charge in [-0.25, -0.2) is 9.48 Å². The summed E-state index contributed by atoms with van der Waals surface area (Å²) in [5.74, 6) is 0. The summed E-state index contributed by atoms with van der Waals surface area (Å²) in [4.78, 5) is 11.7. The van der Waals surface area contributed by atoms with Crippen molar-refractivity contribution in [2.24, 2.45) is 5.41 Å². The van der Waals surface area contributed by atoms with Gasteiger partial charge >= 0.3 is 6.03 Å². The number of hydrogen-bond acceptors (Lipinski definition) is 3. The van der Waals surface area contributed by atoms with Gasteiger partial charge in [-0.3, -0.25) is 0 Å². The minimum absolute atomic E-state index is 0.0667. The number of carbonyl (C=O) groups is 1. The molecule has 116 valence electrons. The largest absolute Gasteiger partial charge is 0.396 e. The predicted octanol–water partition coefficient (Wildman–Crippen LogP) is 1.44. The number of aliphatic hydroxyl groups is 1. The Morgan fingerprint density at radius 2 is 2.05 bits per heavy atom. The molecule has 1 heterocycles. The molecule has 3 rings (SSSR count). The molecule has 3 N–H and O–H groups in total. The lowest BCUT2D eigenvalue weighted by molar-refractivity contribution is 0.203. The van der Waals surface area contributed by atoms with Gasteiger partial charge in [-0.05, 0) is 36.6 Å². The fourth-order valence-electron chi connectivity index (χ4n) is 2.27. The summed E-state index contributed by atoms with van der Waals surface area (Å²) in [6, 6.07) is 9.54. The van der Waals surface area contributed by atoms with E-state index < -0.39 is 0 Å². The normalized spacial score (nSPS) is 15.3. The third-order valence-corrected chi connectivity index (χ3v) is 4.07. The van der Waals surface area contributed by atoms with E-state index in [9.17, 15) is 9.90 Å². The van der Waals surface area contributed by atoms with E-state index in [1.807, 2.05) is 36.5 Å². The average molecular weight is 300 g/mol. The maximum absolute atomic E-state index is 11.7. The summed E-state index contributed by atoms with van der Waals surface area (Å²) >= 11 is 0. The zero-order chi connectivity index (χ0) is 15.4. The number of carbonyl (C=O) groups excluding carboxylic acids is 1. The van der Waals surface area contributed by atoms with E-state index in [2.05, 4.69) is 15.7 Å². The smallest absolute Gasteiger partial charge is 0.315 e. The van der Waals surface area contributed by atoms with Crippen molar-refractivity contribution in [1.29, 1.82) is 0 Å². The molecule has 1 saturated carbocycles. The van der Waals surface area contributed by atoms with Gasteiger partial charge in [-0.2, -0.15) is 5.10 Å². The lowest BCUT2D eigenvalue weighted by atomic mass is 10.1. The Labute approximate surface area is 129 Å². The minimum atomic E-state index is -0.198. The highest BCUT2D eigenvalue weighted by Crippen LogP contribution is 2.44. The number of nitrogens with zero attached hydrogens (tertiary/aromatic N) is 2. The van der Waals surface area contributed by atoms with Crippen LogP contribution in [0.4, 0.5) is 4.79 Å². The van der Waals surface area contributed by atoms with Gasteiger partial charge < -0.3 is 15.7 Å². The second kappa shape index (κ2) is 6.19. The zero-order valence-electron chi connectivity index (χ0n) is 12.3. The first-order chi connectivity index (χ1) is 10.7. The summed E-state index contributed by atoms with van der Waals surface area (Å²) in [5, 5.41) is 19.0. The number of hydrogen-bond donors (Lipinski definition) is 3. The molecule has 1 aliphatic rings. The second-order valence-corrected chi connectivity index (χ2v) is 5.81. The van der Waals surface area contributed by atoms with Gasteiger partial charge in [0.2, 0.25) is 0 Å². The molecule has 0 saturated heterocycles. The molecule has 1 aliphatic carbocycles. The van der Waals surface area contributed by atoms with Crippen molar-refractivity contribution in [3.63, 3.8) is 0 Å². The minimum Gasteiger partial charge on any atom is -0.396 e. The standard InChI is InChI=1S/C16H20N4O2/c21-12-16(6-7-16)11-18-15(22)17-10-13-2-4-14(5-3-13)20-9-1-8-19-20/h1-5,8-9,21H,6-7,10-12H2,(H2,17,18,22). The Morgan fingerprint density at radius 1 is 1.27 bits per heavy atom. The van der Waals surface area contributed by atoms with Gasteiger partial charge in [0.05, 0.1) is 12.3 Å². The molecule has 0 bridgehead atoms. The number of benzene rings is 1. The number of aromatic nitrogens is 2. The fourth-order valence-corrected chi connectivity index (χ4v) is 2.27. The van der Waals surface area contributed by atoms with Crippen molar-refractivity contribution < 1.29 is 9.90 Å². The Morgan fingerprint density at radius 3 is 2.64 bits per heavy atom. The molecule has 1 fully saturated rings. The van der Waals surface area contributed by atoms with E-state index in [4.69, 9.17) is 0 Å². The van der Waals surface area contributed by atoms with Crippen LogP contribution in [-0.4, -0.2) is 34.1 Å². The molecule has 22 heavy (non-hydrogen) atoms. The van der Waals surface area contributed by atoms with E-state index in [1.54, 1.807) is 10.9 Å². The van der Waals surface area contributed by atoms with Crippen LogP contribution < -0.4 is 10.6 Å². The van der Waals surface area contributed by atoms with Crippen LogP contribution in [0.1, 0.15) is 18.4 Å². The van der Waals surface area contributed by atoms with Crippen molar-refractivity contribution in [1.82, 2.24) is 20.4 Å². The van der Waals surface area contributed by atoms with Gasteiger partial charge in [0.15, 0.2) is 0 Å². The van der Waals surface area contributed by atoms with Crippen LogP contribution >= 0.6 is 0 Å². The Bertz CT molecular complexity index is 618. The van der Waals surface area contributed by atoms with E-state index >= 15 is 0 Å². The van der Waals surface area contributed by atoms with Crippen molar-refractivity contribution in [2.75, 3.05) is 13.2 Å². The number of urea groups is 1. The second-order valence-electron chi connectivity index (χ2n) is 5.81. The Kier molecular flexibility index (Phi) is 4.11. The molecule has 1 aromatic carbocycles. The number of aliphatic hydroxyl groups excluding tert-OH is 1. The highest BCUT2D eigenvalue weighted by Gasteiger charge is 2.42. The van der Waals surface area contributed by atoms with Gasteiger partial charge in [-0.1, -0.05) is 12.1 Å². The molecule has 1 aromatic heterocycles. The number of amides is 2. The topological polar surface area (TPSA) is 79.2 Å². The molecule has 0 unspecified atom stereocenters. The highest BCUT2D eigenvalue weighted by atomic mass is 16.3. The first-order valence-electron chi connectivity index (χ1n) is 7.42. The molecular formula is C16H20N4O2. The van der Waals surface area contributed by atoms with Crippen LogP contribution in [0, 0.1) is 5.41 Å². The van der Waals surface area contributed by atoms with Crippen molar-refractivity contribution in [2.45, 2.75) is 19.4 Å². The molecule has 2 amide bonds. The van der Waals surface area contributed by atoms with Crippen LogP contribution in [0.5, 0.6) is 0 Å². The highest BCUT2D eigenvalue weighted by molar-refractivity contribution is 5.73. The van der Waals surface area contributed by atoms with Crippen LogP contribution in [0.2, 0.25) is 0 Å². The SMILES string of the molecule is O=C(NCc1ccc(-n2cccn2)cc1)NCC1(CO)CC1. The van der Waals surface area contributed by atoms with Crippen molar-refractivity contribution in [3.05, 3.63) is 48.3 Å². The lowest BCUT2D eigenvalue weighted by Crippen LogP contribution is -2.39. The lowest BCUT2D eigenvalue weighted by Gasteiger charge is -2.13. The molecule has 6 nitrogen and oxygen atoms in total. The zero-order valence-corrected chi connectivity index (χ0v) is 12.3. The maximum atomic E-state index is 11.7. The third kappa shape index (κ3) is 3.46. The van der Waals surface area contributed by atoms with Crippen LogP contribution in [0.3, 0.4) is 0 Å². The maximum Gasteiger partial charge on any atom is 0.315 e. The van der Waals surface area contributed by atoms with Crippen LogP contribution in [0.25, 0.3) is 5.69 Å². The van der Waals surface area contributed by atoms with Crippen LogP contribution in [-0.2, 0) is 6.54 Å². The van der Waals surface area contributed by atoms with Gasteiger partial charge in [0.1, 0.15) is 0 Å².